The standard InChI is InChI=1S/C21H24N2O5/c1-26-17-9-8-16(19(10-17)27-2)12-23-18(13-28-14-20(23)24)21(25)22-11-15-6-4-3-5-7-15/h3-10,18H,11-14H2,1-2H3,(H,22,25)/t18-/m0/s1. The third kappa shape index (κ3) is 4.61. The quantitative estimate of drug-likeness (QED) is 0.787. The zero-order chi connectivity index (χ0) is 19.9. The van der Waals surface area contributed by atoms with E-state index in [1.54, 1.807) is 26.4 Å². The zero-order valence-electron chi connectivity index (χ0n) is 16.0. The number of nitrogens with zero attached hydrogens (tertiary/aromatic N) is 1. The van der Waals surface area contributed by atoms with Gasteiger partial charge in [-0.2, -0.15) is 0 Å². The summed E-state index contributed by atoms with van der Waals surface area (Å²) in [5.41, 5.74) is 1.78. The highest BCUT2D eigenvalue weighted by Gasteiger charge is 2.34. The van der Waals surface area contributed by atoms with Crippen LogP contribution in [0.2, 0.25) is 0 Å². The lowest BCUT2D eigenvalue weighted by atomic mass is 10.1. The monoisotopic (exact) mass is 384 g/mol. The molecule has 2 amide bonds. The van der Waals surface area contributed by atoms with Crippen molar-refractivity contribution in [3.63, 3.8) is 0 Å². The van der Waals surface area contributed by atoms with Gasteiger partial charge in [-0.25, -0.2) is 0 Å². The molecule has 7 heteroatoms. The van der Waals surface area contributed by atoms with Gasteiger partial charge in [-0.3, -0.25) is 9.59 Å². The maximum atomic E-state index is 12.7. The van der Waals surface area contributed by atoms with Crippen molar-refractivity contribution in [3.05, 3.63) is 59.7 Å². The van der Waals surface area contributed by atoms with Gasteiger partial charge >= 0.3 is 0 Å². The Morgan fingerprint density at radius 3 is 2.68 bits per heavy atom. The van der Waals surface area contributed by atoms with Crippen molar-refractivity contribution in [2.45, 2.75) is 19.1 Å². The minimum absolute atomic E-state index is 0.0407. The summed E-state index contributed by atoms with van der Waals surface area (Å²) < 4.78 is 16.0. The third-order valence-electron chi connectivity index (χ3n) is 4.64. The van der Waals surface area contributed by atoms with Crippen LogP contribution in [-0.4, -0.2) is 50.2 Å². The van der Waals surface area contributed by atoms with Crippen LogP contribution in [0.5, 0.6) is 11.5 Å². The molecule has 2 aromatic rings. The highest BCUT2D eigenvalue weighted by molar-refractivity contribution is 5.89. The van der Waals surface area contributed by atoms with E-state index in [4.69, 9.17) is 14.2 Å². The Bertz CT molecular complexity index is 825. The largest absolute Gasteiger partial charge is 0.497 e. The van der Waals surface area contributed by atoms with Crippen LogP contribution in [0.4, 0.5) is 0 Å². The maximum Gasteiger partial charge on any atom is 0.249 e. The van der Waals surface area contributed by atoms with Gasteiger partial charge in [0.1, 0.15) is 24.1 Å². The van der Waals surface area contributed by atoms with Crippen molar-refractivity contribution in [1.29, 1.82) is 0 Å². The Kier molecular flexibility index (Phi) is 6.49. The highest BCUT2D eigenvalue weighted by Crippen LogP contribution is 2.27. The molecule has 1 fully saturated rings. The van der Waals surface area contributed by atoms with E-state index in [2.05, 4.69) is 5.32 Å². The topological polar surface area (TPSA) is 77.1 Å². The van der Waals surface area contributed by atoms with Gasteiger partial charge in [-0.1, -0.05) is 30.3 Å². The Morgan fingerprint density at radius 1 is 1.18 bits per heavy atom. The zero-order valence-corrected chi connectivity index (χ0v) is 16.0. The molecule has 1 atom stereocenters. The first kappa shape index (κ1) is 19.7. The van der Waals surface area contributed by atoms with Crippen LogP contribution in [0, 0.1) is 0 Å². The van der Waals surface area contributed by atoms with Crippen LogP contribution >= 0.6 is 0 Å². The van der Waals surface area contributed by atoms with Gasteiger partial charge < -0.3 is 24.4 Å². The number of ether oxygens (including phenoxy) is 3. The Balaban J connectivity index is 1.73. The molecule has 7 nitrogen and oxygen atoms in total. The summed E-state index contributed by atoms with van der Waals surface area (Å²) in [6.07, 6.45) is 0. The molecule has 0 aromatic heterocycles. The molecule has 0 spiro atoms. The first-order chi connectivity index (χ1) is 13.6. The molecule has 2 aromatic carbocycles. The number of benzene rings is 2. The van der Waals surface area contributed by atoms with Gasteiger partial charge in [-0.05, 0) is 17.7 Å². The molecular weight excluding hydrogens is 360 g/mol. The average Bonchev–Trinajstić information content (AvgIpc) is 2.74. The molecule has 1 heterocycles. The van der Waals surface area contributed by atoms with Crippen molar-refractivity contribution in [3.8, 4) is 11.5 Å². The summed E-state index contributed by atoms with van der Waals surface area (Å²) in [5.74, 6) is 0.779. The third-order valence-corrected chi connectivity index (χ3v) is 4.64. The Hall–Kier alpha value is -3.06. The second-order valence-electron chi connectivity index (χ2n) is 6.43. The molecular formula is C21H24N2O5. The molecule has 0 bridgehead atoms. The normalized spacial score (nSPS) is 16.6. The first-order valence-corrected chi connectivity index (χ1v) is 9.02. The van der Waals surface area contributed by atoms with Crippen molar-refractivity contribution in [1.82, 2.24) is 10.2 Å². The molecule has 0 aliphatic carbocycles. The predicted octanol–water partition coefficient (Wildman–Crippen LogP) is 1.75. The van der Waals surface area contributed by atoms with Crippen molar-refractivity contribution < 1.29 is 23.8 Å². The first-order valence-electron chi connectivity index (χ1n) is 9.02. The van der Waals surface area contributed by atoms with E-state index in [9.17, 15) is 9.59 Å². The van der Waals surface area contributed by atoms with E-state index < -0.39 is 6.04 Å². The van der Waals surface area contributed by atoms with Crippen LogP contribution in [0.25, 0.3) is 0 Å². The van der Waals surface area contributed by atoms with Gasteiger partial charge in [0.2, 0.25) is 11.8 Å². The molecule has 3 rings (SSSR count). The van der Waals surface area contributed by atoms with Gasteiger partial charge in [0.25, 0.3) is 0 Å². The summed E-state index contributed by atoms with van der Waals surface area (Å²) in [5, 5.41) is 2.89. The number of hydrogen-bond donors (Lipinski definition) is 1. The van der Waals surface area contributed by atoms with E-state index in [0.29, 0.717) is 18.0 Å². The van der Waals surface area contributed by atoms with Crippen LogP contribution in [0.3, 0.4) is 0 Å². The molecule has 1 saturated heterocycles. The van der Waals surface area contributed by atoms with Crippen LogP contribution in [0.1, 0.15) is 11.1 Å². The predicted molar refractivity (Wildman–Crippen MR) is 103 cm³/mol. The second kappa shape index (κ2) is 9.23. The van der Waals surface area contributed by atoms with E-state index >= 15 is 0 Å². The number of methoxy groups -OCH3 is 2. The number of hydrogen-bond acceptors (Lipinski definition) is 5. The van der Waals surface area contributed by atoms with Gasteiger partial charge in [-0.15, -0.1) is 0 Å². The number of carbonyl (C=O) groups is 2. The molecule has 0 saturated carbocycles. The molecule has 28 heavy (non-hydrogen) atoms. The van der Waals surface area contributed by atoms with Gasteiger partial charge in [0.05, 0.1) is 27.4 Å². The lowest BCUT2D eigenvalue weighted by molar-refractivity contribution is -0.155. The molecule has 1 aliphatic rings. The van der Waals surface area contributed by atoms with Crippen molar-refractivity contribution in [2.24, 2.45) is 0 Å². The molecule has 1 N–H and O–H groups in total. The van der Waals surface area contributed by atoms with Crippen LogP contribution in [-0.2, 0) is 27.4 Å². The van der Waals surface area contributed by atoms with Crippen LogP contribution in [0.15, 0.2) is 48.5 Å². The molecule has 0 radical (unpaired) electrons. The van der Waals surface area contributed by atoms with E-state index in [1.165, 1.54) is 4.90 Å². The van der Waals surface area contributed by atoms with E-state index in [-0.39, 0.29) is 31.6 Å². The van der Waals surface area contributed by atoms with Crippen molar-refractivity contribution >= 4 is 11.8 Å². The summed E-state index contributed by atoms with van der Waals surface area (Å²) in [6, 6.07) is 14.3. The molecule has 1 aliphatic heterocycles. The minimum atomic E-state index is -0.697. The smallest absolute Gasteiger partial charge is 0.249 e. The fourth-order valence-electron chi connectivity index (χ4n) is 3.09. The van der Waals surface area contributed by atoms with Crippen LogP contribution < -0.4 is 14.8 Å². The number of carbonyl (C=O) groups excluding carboxylic acids is 2. The van der Waals surface area contributed by atoms with E-state index in [1.807, 2.05) is 36.4 Å². The second-order valence-corrected chi connectivity index (χ2v) is 6.43. The summed E-state index contributed by atoms with van der Waals surface area (Å²) in [7, 11) is 3.14. The fraction of sp³-hybridized carbons (Fsp3) is 0.333. The maximum absolute atomic E-state index is 12.7. The lowest BCUT2D eigenvalue weighted by Crippen LogP contribution is -2.55. The average molecular weight is 384 g/mol. The summed E-state index contributed by atoms with van der Waals surface area (Å²) in [6.45, 7) is 0.759. The Labute approximate surface area is 164 Å². The molecule has 148 valence electrons. The SMILES string of the molecule is COc1ccc(CN2C(=O)COC[C@H]2C(=O)NCc2ccccc2)c(OC)c1. The molecule has 0 unspecified atom stereocenters. The van der Waals surface area contributed by atoms with E-state index in [0.717, 1.165) is 11.1 Å². The summed E-state index contributed by atoms with van der Waals surface area (Å²) >= 11 is 0. The minimum Gasteiger partial charge on any atom is -0.497 e. The van der Waals surface area contributed by atoms with Gasteiger partial charge in [0, 0.05) is 18.2 Å². The van der Waals surface area contributed by atoms with Gasteiger partial charge in [0.15, 0.2) is 0 Å². The van der Waals surface area contributed by atoms with Crippen molar-refractivity contribution in [2.75, 3.05) is 27.4 Å². The lowest BCUT2D eigenvalue weighted by Gasteiger charge is -2.34. The number of morpholine rings is 1. The number of nitrogens with one attached hydrogen (secondary N) is 1. The number of rotatable bonds is 7. The highest BCUT2D eigenvalue weighted by atomic mass is 16.5. The Morgan fingerprint density at radius 2 is 1.96 bits per heavy atom. The number of amides is 2. The summed E-state index contributed by atoms with van der Waals surface area (Å²) in [4.78, 5) is 26.7. The fourth-order valence-corrected chi connectivity index (χ4v) is 3.09.